The fraction of sp³-hybridized carbons (Fsp3) is 0.833. The summed E-state index contributed by atoms with van der Waals surface area (Å²) in [6.07, 6.45) is 9.73. The summed E-state index contributed by atoms with van der Waals surface area (Å²) in [7, 11) is 0. The topological polar surface area (TPSA) is 18.5 Å². The van der Waals surface area contributed by atoms with Crippen LogP contribution in [0.3, 0.4) is 0 Å². The van der Waals surface area contributed by atoms with Gasteiger partial charge in [-0.3, -0.25) is 0 Å². The fourth-order valence-corrected chi connectivity index (χ4v) is 2.66. The van der Waals surface area contributed by atoms with Crippen LogP contribution in [0.4, 0.5) is 0 Å². The van der Waals surface area contributed by atoms with Crippen molar-refractivity contribution in [3.63, 3.8) is 0 Å². The van der Waals surface area contributed by atoms with Crippen molar-refractivity contribution < 1.29 is 9.47 Å². The monoisotopic (exact) mass is 196 g/mol. The van der Waals surface area contributed by atoms with Crippen molar-refractivity contribution in [3.8, 4) is 0 Å². The zero-order chi connectivity index (χ0) is 9.86. The van der Waals surface area contributed by atoms with Gasteiger partial charge in [-0.15, -0.1) is 6.58 Å². The van der Waals surface area contributed by atoms with Gasteiger partial charge in [-0.2, -0.15) is 0 Å². The second-order valence-corrected chi connectivity index (χ2v) is 4.50. The lowest BCUT2D eigenvalue weighted by Crippen LogP contribution is -2.31. The first-order valence-electron chi connectivity index (χ1n) is 5.71. The van der Waals surface area contributed by atoms with Gasteiger partial charge >= 0.3 is 0 Å². The predicted octanol–water partition coefficient (Wildman–Crippen LogP) is 2.68. The Morgan fingerprint density at radius 1 is 1.36 bits per heavy atom. The van der Waals surface area contributed by atoms with Gasteiger partial charge in [0.05, 0.1) is 24.9 Å². The zero-order valence-electron chi connectivity index (χ0n) is 8.84. The first-order valence-corrected chi connectivity index (χ1v) is 5.71. The van der Waals surface area contributed by atoms with Gasteiger partial charge in [0.25, 0.3) is 0 Å². The molecule has 2 aliphatic rings. The Kier molecular flexibility index (Phi) is 3.24. The molecule has 2 rings (SSSR count). The van der Waals surface area contributed by atoms with E-state index in [1.54, 1.807) is 0 Å². The van der Waals surface area contributed by atoms with Crippen molar-refractivity contribution in [1.82, 2.24) is 0 Å². The molecule has 1 atom stereocenters. The molecule has 0 amide bonds. The first kappa shape index (κ1) is 10.2. The van der Waals surface area contributed by atoms with E-state index in [-0.39, 0.29) is 5.60 Å². The lowest BCUT2D eigenvalue weighted by molar-refractivity contribution is -0.0273. The summed E-state index contributed by atoms with van der Waals surface area (Å²) < 4.78 is 11.6. The van der Waals surface area contributed by atoms with Gasteiger partial charge in [-0.1, -0.05) is 25.3 Å². The molecule has 80 valence electrons. The van der Waals surface area contributed by atoms with E-state index in [9.17, 15) is 0 Å². The van der Waals surface area contributed by atoms with Crippen LogP contribution < -0.4 is 0 Å². The summed E-state index contributed by atoms with van der Waals surface area (Å²) >= 11 is 0. The number of hydrogen-bond donors (Lipinski definition) is 0. The summed E-state index contributed by atoms with van der Waals surface area (Å²) in [6.45, 7) is 5.10. The molecule has 2 fully saturated rings. The van der Waals surface area contributed by atoms with Crippen LogP contribution in [-0.2, 0) is 9.47 Å². The van der Waals surface area contributed by atoms with Crippen LogP contribution in [0.15, 0.2) is 12.7 Å². The molecule has 1 saturated heterocycles. The molecule has 1 aliphatic heterocycles. The van der Waals surface area contributed by atoms with E-state index in [0.29, 0.717) is 12.7 Å². The van der Waals surface area contributed by atoms with Crippen molar-refractivity contribution in [3.05, 3.63) is 12.7 Å². The van der Waals surface area contributed by atoms with Crippen LogP contribution in [-0.4, -0.2) is 24.9 Å². The third kappa shape index (κ3) is 2.18. The molecule has 0 N–H and O–H groups in total. The van der Waals surface area contributed by atoms with Gasteiger partial charge in [0.2, 0.25) is 0 Å². The Morgan fingerprint density at radius 2 is 2.14 bits per heavy atom. The van der Waals surface area contributed by atoms with Crippen molar-refractivity contribution in [2.75, 3.05) is 13.2 Å². The smallest absolute Gasteiger partial charge is 0.0840 e. The molecule has 1 aliphatic carbocycles. The van der Waals surface area contributed by atoms with Crippen LogP contribution in [0.2, 0.25) is 0 Å². The van der Waals surface area contributed by atoms with Gasteiger partial charge in [0.15, 0.2) is 0 Å². The quantitative estimate of drug-likeness (QED) is 0.646. The lowest BCUT2D eigenvalue weighted by atomic mass is 9.82. The Labute approximate surface area is 86.3 Å². The zero-order valence-corrected chi connectivity index (χ0v) is 8.84. The number of hydrogen-bond acceptors (Lipinski definition) is 2. The molecule has 1 heterocycles. The molecule has 1 spiro atoms. The normalized spacial score (nSPS) is 30.7. The van der Waals surface area contributed by atoms with Gasteiger partial charge in [0.1, 0.15) is 0 Å². The molecule has 0 aromatic rings. The highest BCUT2D eigenvalue weighted by Gasteiger charge is 2.41. The molecule has 1 unspecified atom stereocenters. The number of ether oxygens (including phenoxy) is 2. The Balaban J connectivity index is 1.82. The van der Waals surface area contributed by atoms with E-state index >= 15 is 0 Å². The summed E-state index contributed by atoms with van der Waals surface area (Å²) in [4.78, 5) is 0. The minimum absolute atomic E-state index is 0.185. The Bertz CT molecular complexity index is 194. The average molecular weight is 196 g/mol. The van der Waals surface area contributed by atoms with E-state index in [0.717, 1.165) is 13.0 Å². The van der Waals surface area contributed by atoms with Gasteiger partial charge in [0, 0.05) is 6.42 Å². The van der Waals surface area contributed by atoms with E-state index in [4.69, 9.17) is 9.47 Å². The van der Waals surface area contributed by atoms with Gasteiger partial charge in [-0.05, 0) is 12.8 Å². The summed E-state index contributed by atoms with van der Waals surface area (Å²) in [6, 6.07) is 0. The first-order chi connectivity index (χ1) is 6.85. The number of rotatable bonds is 3. The van der Waals surface area contributed by atoms with Crippen molar-refractivity contribution in [2.45, 2.75) is 50.2 Å². The molecular formula is C12H20O2. The maximum atomic E-state index is 5.93. The van der Waals surface area contributed by atoms with E-state index in [1.165, 1.54) is 32.1 Å². The molecule has 14 heavy (non-hydrogen) atoms. The molecule has 2 nitrogen and oxygen atoms in total. The highest BCUT2D eigenvalue weighted by atomic mass is 16.6. The van der Waals surface area contributed by atoms with Gasteiger partial charge < -0.3 is 9.47 Å². The molecule has 2 heteroatoms. The predicted molar refractivity (Wildman–Crippen MR) is 56.3 cm³/mol. The third-order valence-electron chi connectivity index (χ3n) is 3.39. The molecule has 0 aromatic carbocycles. The van der Waals surface area contributed by atoms with Crippen molar-refractivity contribution in [1.29, 1.82) is 0 Å². The SMILES string of the molecule is C=CCOC1COC2(CCCCC2)C1. The largest absolute Gasteiger partial charge is 0.372 e. The Morgan fingerprint density at radius 3 is 2.86 bits per heavy atom. The maximum absolute atomic E-state index is 5.93. The molecule has 0 radical (unpaired) electrons. The van der Waals surface area contributed by atoms with Crippen LogP contribution in [0.1, 0.15) is 38.5 Å². The highest BCUT2D eigenvalue weighted by molar-refractivity contribution is 4.92. The van der Waals surface area contributed by atoms with Crippen molar-refractivity contribution in [2.24, 2.45) is 0 Å². The molecule has 0 bridgehead atoms. The minimum atomic E-state index is 0.185. The minimum Gasteiger partial charge on any atom is -0.372 e. The van der Waals surface area contributed by atoms with Gasteiger partial charge in [-0.25, -0.2) is 0 Å². The van der Waals surface area contributed by atoms with Crippen molar-refractivity contribution >= 4 is 0 Å². The molecule has 0 aromatic heterocycles. The highest BCUT2D eigenvalue weighted by Crippen LogP contribution is 2.40. The second-order valence-electron chi connectivity index (χ2n) is 4.50. The molecule has 1 saturated carbocycles. The van der Waals surface area contributed by atoms with Crippen LogP contribution in [0.5, 0.6) is 0 Å². The fourth-order valence-electron chi connectivity index (χ4n) is 2.66. The van der Waals surface area contributed by atoms with E-state index in [1.807, 2.05) is 6.08 Å². The standard InChI is InChI=1S/C12H20O2/c1-2-8-13-11-9-12(14-10-11)6-4-3-5-7-12/h2,11H,1,3-10H2. The van der Waals surface area contributed by atoms with E-state index in [2.05, 4.69) is 6.58 Å². The maximum Gasteiger partial charge on any atom is 0.0840 e. The second kappa shape index (κ2) is 4.45. The lowest BCUT2D eigenvalue weighted by Gasteiger charge is -2.32. The summed E-state index contributed by atoms with van der Waals surface area (Å²) in [5.41, 5.74) is 0.185. The van der Waals surface area contributed by atoms with Crippen LogP contribution in [0.25, 0.3) is 0 Å². The summed E-state index contributed by atoms with van der Waals surface area (Å²) in [5.74, 6) is 0. The Hall–Kier alpha value is -0.340. The average Bonchev–Trinajstić information content (AvgIpc) is 2.60. The van der Waals surface area contributed by atoms with E-state index < -0.39 is 0 Å². The summed E-state index contributed by atoms with van der Waals surface area (Å²) in [5, 5.41) is 0. The third-order valence-corrected chi connectivity index (χ3v) is 3.39. The van der Waals surface area contributed by atoms with Crippen LogP contribution >= 0.6 is 0 Å². The molecular weight excluding hydrogens is 176 g/mol. The van der Waals surface area contributed by atoms with Crippen LogP contribution in [0, 0.1) is 0 Å².